The first kappa shape index (κ1) is 20.2. The van der Waals surface area contributed by atoms with Gasteiger partial charge in [0, 0.05) is 31.0 Å². The Kier molecular flexibility index (Phi) is 9.08. The molecule has 5 nitrogen and oxygen atoms in total. The van der Waals surface area contributed by atoms with E-state index >= 15 is 0 Å². The molecule has 0 saturated carbocycles. The number of Topliss-reactive ketones (excluding diaryl/α,β-unsaturated/α-hetero) is 1. The fourth-order valence-electron chi connectivity index (χ4n) is 2.66. The van der Waals surface area contributed by atoms with Crippen molar-refractivity contribution < 1.29 is 14.3 Å². The van der Waals surface area contributed by atoms with Crippen LogP contribution in [0.1, 0.15) is 50.4 Å². The Labute approximate surface area is 145 Å². The van der Waals surface area contributed by atoms with Gasteiger partial charge in [-0.1, -0.05) is 13.8 Å². The van der Waals surface area contributed by atoms with E-state index in [4.69, 9.17) is 4.74 Å². The molecular formula is C19H30N2O3. The molecule has 1 N–H and O–H groups in total. The molecule has 0 aromatic heterocycles. The minimum atomic E-state index is 0.0107. The van der Waals surface area contributed by atoms with Crippen LogP contribution in [-0.2, 0) is 4.79 Å². The van der Waals surface area contributed by atoms with Crippen molar-refractivity contribution in [1.29, 1.82) is 0 Å². The van der Waals surface area contributed by atoms with Gasteiger partial charge in [-0.05, 0) is 50.7 Å². The second-order valence-electron chi connectivity index (χ2n) is 5.88. The van der Waals surface area contributed by atoms with Crippen LogP contribution >= 0.6 is 0 Å². The molecule has 0 saturated heterocycles. The summed E-state index contributed by atoms with van der Waals surface area (Å²) < 4.78 is 5.07. The second kappa shape index (κ2) is 10.8. The summed E-state index contributed by atoms with van der Waals surface area (Å²) in [5, 5.41) is 2.95. The lowest BCUT2D eigenvalue weighted by atomic mass is 10.1. The Balaban J connectivity index is 2.28. The summed E-state index contributed by atoms with van der Waals surface area (Å²) in [6, 6.07) is 7.38. The molecule has 0 aliphatic carbocycles. The number of ketones is 1. The number of methoxy groups -OCH3 is 1. The number of benzene rings is 1. The van der Waals surface area contributed by atoms with E-state index in [1.807, 2.05) is 0 Å². The number of carbonyl (C=O) groups is 2. The largest absolute Gasteiger partial charge is 0.497 e. The zero-order chi connectivity index (χ0) is 17.9. The zero-order valence-electron chi connectivity index (χ0n) is 15.3. The number of hydrogen-bond donors (Lipinski definition) is 1. The van der Waals surface area contributed by atoms with Crippen molar-refractivity contribution in [2.24, 2.45) is 0 Å². The molecule has 1 rings (SSSR count). The molecule has 1 atom stereocenters. The quantitative estimate of drug-likeness (QED) is 0.632. The summed E-state index contributed by atoms with van der Waals surface area (Å²) in [4.78, 5) is 26.3. The Hall–Kier alpha value is -1.88. The Morgan fingerprint density at radius 1 is 1.12 bits per heavy atom. The highest BCUT2D eigenvalue weighted by molar-refractivity contribution is 5.96. The number of ether oxygens (including phenoxy) is 1. The summed E-state index contributed by atoms with van der Waals surface area (Å²) >= 11 is 0. The fourth-order valence-corrected chi connectivity index (χ4v) is 2.66. The number of amides is 1. The number of likely N-dealkylation sites (N-methyl/N-ethyl adjacent to an activating group) is 1. The summed E-state index contributed by atoms with van der Waals surface area (Å²) in [5.74, 6) is 0.798. The maximum absolute atomic E-state index is 12.1. The Morgan fingerprint density at radius 2 is 1.75 bits per heavy atom. The molecule has 0 spiro atoms. The average Bonchev–Trinajstić information content (AvgIpc) is 2.61. The van der Waals surface area contributed by atoms with E-state index in [-0.39, 0.29) is 11.7 Å². The molecule has 0 bridgehead atoms. The van der Waals surface area contributed by atoms with Gasteiger partial charge in [-0.2, -0.15) is 0 Å². The molecule has 5 heteroatoms. The molecule has 1 aromatic carbocycles. The van der Waals surface area contributed by atoms with E-state index in [9.17, 15) is 9.59 Å². The number of nitrogens with one attached hydrogen (secondary N) is 1. The van der Waals surface area contributed by atoms with Crippen LogP contribution in [0.25, 0.3) is 0 Å². The lowest BCUT2D eigenvalue weighted by Crippen LogP contribution is -2.41. The van der Waals surface area contributed by atoms with Gasteiger partial charge >= 0.3 is 0 Å². The Bertz CT molecular complexity index is 510. The van der Waals surface area contributed by atoms with E-state index in [0.717, 1.165) is 18.8 Å². The van der Waals surface area contributed by atoms with E-state index in [1.165, 1.54) is 0 Å². The van der Waals surface area contributed by atoms with Gasteiger partial charge in [0.05, 0.1) is 7.11 Å². The molecule has 0 aliphatic heterocycles. The highest BCUT2D eigenvalue weighted by Gasteiger charge is 2.12. The minimum absolute atomic E-state index is 0.0107. The van der Waals surface area contributed by atoms with Crippen LogP contribution in [0, 0.1) is 0 Å². The van der Waals surface area contributed by atoms with Crippen molar-refractivity contribution in [3.05, 3.63) is 29.8 Å². The van der Waals surface area contributed by atoms with Crippen LogP contribution in [0.15, 0.2) is 24.3 Å². The molecule has 0 heterocycles. The number of carbonyl (C=O) groups excluding carboxylic acids is 2. The molecule has 134 valence electrons. The highest BCUT2D eigenvalue weighted by atomic mass is 16.5. The third-order valence-electron chi connectivity index (χ3n) is 4.25. The van der Waals surface area contributed by atoms with Crippen LogP contribution in [0.4, 0.5) is 0 Å². The van der Waals surface area contributed by atoms with Gasteiger partial charge in [0.25, 0.3) is 0 Å². The van der Waals surface area contributed by atoms with Gasteiger partial charge in [-0.3, -0.25) is 14.5 Å². The lowest BCUT2D eigenvalue weighted by Gasteiger charge is -2.26. The van der Waals surface area contributed by atoms with Gasteiger partial charge in [-0.15, -0.1) is 0 Å². The van der Waals surface area contributed by atoms with Gasteiger partial charge < -0.3 is 10.1 Å². The SMILES string of the molecule is CCN(CC)C(C)CNC(=O)CCCC(=O)c1ccc(OC)cc1. The number of hydrogen-bond acceptors (Lipinski definition) is 4. The molecule has 0 aliphatic rings. The summed E-state index contributed by atoms with van der Waals surface area (Å²) in [6.45, 7) is 8.94. The molecule has 1 unspecified atom stereocenters. The predicted octanol–water partition coefficient (Wildman–Crippen LogP) is 2.89. The maximum atomic E-state index is 12.1. The fraction of sp³-hybridized carbons (Fsp3) is 0.579. The molecule has 0 fully saturated rings. The predicted molar refractivity (Wildman–Crippen MR) is 96.6 cm³/mol. The monoisotopic (exact) mass is 334 g/mol. The Morgan fingerprint density at radius 3 is 2.29 bits per heavy atom. The van der Waals surface area contributed by atoms with Gasteiger partial charge in [0.1, 0.15) is 5.75 Å². The van der Waals surface area contributed by atoms with Crippen LogP contribution < -0.4 is 10.1 Å². The number of rotatable bonds is 11. The molecule has 0 radical (unpaired) electrons. The van der Waals surface area contributed by atoms with E-state index in [1.54, 1.807) is 31.4 Å². The topological polar surface area (TPSA) is 58.6 Å². The van der Waals surface area contributed by atoms with E-state index in [0.29, 0.717) is 37.4 Å². The normalized spacial score (nSPS) is 12.0. The van der Waals surface area contributed by atoms with Crippen LogP contribution in [0.2, 0.25) is 0 Å². The van der Waals surface area contributed by atoms with Crippen LogP contribution in [0.3, 0.4) is 0 Å². The zero-order valence-corrected chi connectivity index (χ0v) is 15.3. The summed E-state index contributed by atoms with van der Waals surface area (Å²) in [5.41, 5.74) is 0.659. The smallest absolute Gasteiger partial charge is 0.220 e. The average molecular weight is 334 g/mol. The van der Waals surface area contributed by atoms with Gasteiger partial charge in [0.2, 0.25) is 5.91 Å². The second-order valence-corrected chi connectivity index (χ2v) is 5.88. The molecule has 24 heavy (non-hydrogen) atoms. The molecule has 1 amide bonds. The van der Waals surface area contributed by atoms with Gasteiger partial charge in [-0.25, -0.2) is 0 Å². The summed E-state index contributed by atoms with van der Waals surface area (Å²) in [7, 11) is 1.59. The van der Waals surface area contributed by atoms with Crippen molar-refractivity contribution in [3.63, 3.8) is 0 Å². The van der Waals surface area contributed by atoms with Crippen molar-refractivity contribution in [3.8, 4) is 5.75 Å². The molecular weight excluding hydrogens is 304 g/mol. The number of nitrogens with zero attached hydrogens (tertiary/aromatic N) is 1. The third kappa shape index (κ3) is 6.71. The molecule has 1 aromatic rings. The van der Waals surface area contributed by atoms with Crippen molar-refractivity contribution >= 4 is 11.7 Å². The third-order valence-corrected chi connectivity index (χ3v) is 4.25. The van der Waals surface area contributed by atoms with Crippen molar-refractivity contribution in [2.75, 3.05) is 26.7 Å². The first-order chi connectivity index (χ1) is 11.5. The van der Waals surface area contributed by atoms with E-state index in [2.05, 4.69) is 31.0 Å². The van der Waals surface area contributed by atoms with Crippen molar-refractivity contribution in [1.82, 2.24) is 10.2 Å². The van der Waals surface area contributed by atoms with Gasteiger partial charge in [0.15, 0.2) is 5.78 Å². The highest BCUT2D eigenvalue weighted by Crippen LogP contribution is 2.13. The van der Waals surface area contributed by atoms with Crippen molar-refractivity contribution in [2.45, 2.75) is 46.1 Å². The lowest BCUT2D eigenvalue weighted by molar-refractivity contribution is -0.121. The maximum Gasteiger partial charge on any atom is 0.220 e. The van der Waals surface area contributed by atoms with Crippen LogP contribution in [0.5, 0.6) is 5.75 Å². The minimum Gasteiger partial charge on any atom is -0.497 e. The first-order valence-electron chi connectivity index (χ1n) is 8.69. The first-order valence-corrected chi connectivity index (χ1v) is 8.69. The summed E-state index contributed by atoms with van der Waals surface area (Å²) in [6.07, 6.45) is 1.33. The standard InChI is InChI=1S/C19H30N2O3/c1-5-21(6-2)15(3)14-20-19(23)9-7-8-18(22)16-10-12-17(24-4)13-11-16/h10-13,15H,5-9,14H2,1-4H3,(H,20,23). The van der Waals surface area contributed by atoms with Crippen LogP contribution in [-0.4, -0.2) is 49.4 Å². The van der Waals surface area contributed by atoms with E-state index < -0.39 is 0 Å².